The highest BCUT2D eigenvalue weighted by Gasteiger charge is 1.96. The van der Waals surface area contributed by atoms with Gasteiger partial charge >= 0.3 is 0 Å². The summed E-state index contributed by atoms with van der Waals surface area (Å²) in [4.78, 5) is 0. The Kier molecular flexibility index (Phi) is 5.94. The second-order valence-corrected chi connectivity index (χ2v) is 4.31. The summed E-state index contributed by atoms with van der Waals surface area (Å²) in [5.41, 5.74) is 1.34. The first-order valence-electron chi connectivity index (χ1n) is 6.02. The van der Waals surface area contributed by atoms with Crippen LogP contribution in [0.15, 0.2) is 24.3 Å². The molecular formula is C14H22O2. The van der Waals surface area contributed by atoms with E-state index < -0.39 is 0 Å². The molecule has 0 radical (unpaired) electrons. The Morgan fingerprint density at radius 2 is 1.75 bits per heavy atom. The van der Waals surface area contributed by atoms with Crippen LogP contribution < -0.4 is 4.74 Å². The van der Waals surface area contributed by atoms with Crippen LogP contribution in [-0.4, -0.2) is 19.8 Å². The van der Waals surface area contributed by atoms with E-state index >= 15 is 0 Å². The maximum Gasteiger partial charge on any atom is 0.119 e. The van der Waals surface area contributed by atoms with Gasteiger partial charge < -0.3 is 9.47 Å². The van der Waals surface area contributed by atoms with Crippen molar-refractivity contribution in [1.29, 1.82) is 0 Å². The number of aryl methyl sites for hydroxylation is 1. The topological polar surface area (TPSA) is 18.5 Å². The summed E-state index contributed by atoms with van der Waals surface area (Å²) in [6.45, 7) is 8.52. The molecule has 0 fully saturated rings. The lowest BCUT2D eigenvalue weighted by Crippen LogP contribution is -2.10. The van der Waals surface area contributed by atoms with Crippen LogP contribution in [0.4, 0.5) is 0 Å². The van der Waals surface area contributed by atoms with Crippen LogP contribution in [0.25, 0.3) is 0 Å². The Morgan fingerprint density at radius 3 is 2.31 bits per heavy atom. The number of ether oxygens (including phenoxy) is 2. The first-order valence-corrected chi connectivity index (χ1v) is 6.02. The zero-order chi connectivity index (χ0) is 11.8. The highest BCUT2D eigenvalue weighted by atomic mass is 16.5. The average molecular weight is 222 g/mol. The van der Waals surface area contributed by atoms with Crippen molar-refractivity contribution in [2.24, 2.45) is 5.92 Å². The zero-order valence-electron chi connectivity index (χ0n) is 10.5. The molecule has 1 aromatic rings. The normalized spacial score (nSPS) is 10.8. The fourth-order valence-electron chi connectivity index (χ4n) is 1.36. The minimum Gasteiger partial charge on any atom is -0.491 e. The molecule has 0 saturated carbocycles. The van der Waals surface area contributed by atoms with E-state index in [4.69, 9.17) is 9.47 Å². The zero-order valence-corrected chi connectivity index (χ0v) is 10.5. The lowest BCUT2D eigenvalue weighted by molar-refractivity contribution is 0.0819. The molecule has 0 spiro atoms. The fraction of sp³-hybridized carbons (Fsp3) is 0.571. The molecule has 1 rings (SSSR count). The maximum absolute atomic E-state index is 5.56. The van der Waals surface area contributed by atoms with Gasteiger partial charge in [-0.15, -0.1) is 0 Å². The molecule has 16 heavy (non-hydrogen) atoms. The first kappa shape index (κ1) is 13.0. The largest absolute Gasteiger partial charge is 0.491 e. The molecule has 0 saturated heterocycles. The Hall–Kier alpha value is -1.02. The Bertz CT molecular complexity index is 277. The van der Waals surface area contributed by atoms with E-state index in [9.17, 15) is 0 Å². The second kappa shape index (κ2) is 7.29. The molecule has 0 unspecified atom stereocenters. The van der Waals surface area contributed by atoms with Gasteiger partial charge in [0.1, 0.15) is 12.4 Å². The van der Waals surface area contributed by atoms with Crippen molar-refractivity contribution >= 4 is 0 Å². The van der Waals surface area contributed by atoms with Crippen LogP contribution in [0.3, 0.4) is 0 Å². The molecule has 2 heteroatoms. The van der Waals surface area contributed by atoms with Gasteiger partial charge in [0.05, 0.1) is 6.61 Å². The van der Waals surface area contributed by atoms with E-state index in [1.807, 2.05) is 12.1 Å². The van der Waals surface area contributed by atoms with E-state index in [0.29, 0.717) is 19.1 Å². The van der Waals surface area contributed by atoms with Crippen LogP contribution in [0.1, 0.15) is 26.3 Å². The van der Waals surface area contributed by atoms with Crippen LogP contribution in [0, 0.1) is 5.92 Å². The Balaban J connectivity index is 2.16. The van der Waals surface area contributed by atoms with Crippen molar-refractivity contribution in [3.63, 3.8) is 0 Å². The minimum absolute atomic E-state index is 0.587. The summed E-state index contributed by atoms with van der Waals surface area (Å²) in [5.74, 6) is 1.51. The molecule has 0 amide bonds. The lowest BCUT2D eigenvalue weighted by atomic mass is 10.2. The van der Waals surface area contributed by atoms with Crippen molar-refractivity contribution in [2.45, 2.75) is 27.2 Å². The number of rotatable bonds is 7. The van der Waals surface area contributed by atoms with Crippen molar-refractivity contribution in [3.8, 4) is 5.75 Å². The first-order chi connectivity index (χ1) is 7.72. The van der Waals surface area contributed by atoms with Gasteiger partial charge in [-0.1, -0.05) is 32.9 Å². The van der Waals surface area contributed by atoms with Crippen molar-refractivity contribution in [3.05, 3.63) is 29.8 Å². The summed E-state index contributed by atoms with van der Waals surface area (Å²) in [7, 11) is 0. The third-order valence-electron chi connectivity index (χ3n) is 2.28. The SMILES string of the molecule is CCc1ccc(OCCOCC(C)C)cc1. The molecule has 90 valence electrons. The second-order valence-electron chi connectivity index (χ2n) is 4.31. The Morgan fingerprint density at radius 1 is 1.06 bits per heavy atom. The number of benzene rings is 1. The van der Waals surface area contributed by atoms with E-state index in [1.165, 1.54) is 5.56 Å². The van der Waals surface area contributed by atoms with Gasteiger partial charge in [0.25, 0.3) is 0 Å². The quantitative estimate of drug-likeness (QED) is 0.659. The van der Waals surface area contributed by atoms with Crippen LogP contribution in [0.2, 0.25) is 0 Å². The molecule has 0 N–H and O–H groups in total. The molecule has 0 aliphatic carbocycles. The van der Waals surface area contributed by atoms with Crippen LogP contribution in [0.5, 0.6) is 5.75 Å². The molecule has 0 atom stereocenters. The molecule has 0 aliphatic heterocycles. The summed E-state index contributed by atoms with van der Waals surface area (Å²) < 4.78 is 11.0. The summed E-state index contributed by atoms with van der Waals surface area (Å²) in [6, 6.07) is 8.23. The van der Waals surface area contributed by atoms with E-state index in [1.54, 1.807) is 0 Å². The van der Waals surface area contributed by atoms with E-state index in [2.05, 4.69) is 32.9 Å². The van der Waals surface area contributed by atoms with Gasteiger partial charge in [0.2, 0.25) is 0 Å². The molecular weight excluding hydrogens is 200 g/mol. The lowest BCUT2D eigenvalue weighted by Gasteiger charge is -2.09. The minimum atomic E-state index is 0.587. The summed E-state index contributed by atoms with van der Waals surface area (Å²) >= 11 is 0. The highest BCUT2D eigenvalue weighted by molar-refractivity contribution is 5.27. The van der Waals surface area contributed by atoms with Crippen LogP contribution in [-0.2, 0) is 11.2 Å². The van der Waals surface area contributed by atoms with E-state index in [0.717, 1.165) is 18.8 Å². The number of hydrogen-bond donors (Lipinski definition) is 0. The van der Waals surface area contributed by atoms with Crippen molar-refractivity contribution < 1.29 is 9.47 Å². The van der Waals surface area contributed by atoms with Gasteiger partial charge in [-0.25, -0.2) is 0 Å². The highest BCUT2D eigenvalue weighted by Crippen LogP contribution is 2.12. The predicted molar refractivity (Wildman–Crippen MR) is 67.0 cm³/mol. The van der Waals surface area contributed by atoms with Gasteiger partial charge in [-0.3, -0.25) is 0 Å². The maximum atomic E-state index is 5.56. The Labute approximate surface area is 98.6 Å². The predicted octanol–water partition coefficient (Wildman–Crippen LogP) is 3.30. The summed E-state index contributed by atoms with van der Waals surface area (Å²) in [6.07, 6.45) is 1.07. The smallest absolute Gasteiger partial charge is 0.119 e. The van der Waals surface area contributed by atoms with E-state index in [-0.39, 0.29) is 0 Å². The van der Waals surface area contributed by atoms with Crippen molar-refractivity contribution in [2.75, 3.05) is 19.8 Å². The van der Waals surface area contributed by atoms with Gasteiger partial charge in [-0.2, -0.15) is 0 Å². The molecule has 0 heterocycles. The van der Waals surface area contributed by atoms with Crippen molar-refractivity contribution in [1.82, 2.24) is 0 Å². The van der Waals surface area contributed by atoms with Gasteiger partial charge in [-0.05, 0) is 30.0 Å². The molecule has 2 nitrogen and oxygen atoms in total. The summed E-state index contributed by atoms with van der Waals surface area (Å²) in [5, 5.41) is 0. The molecule has 0 aliphatic rings. The third kappa shape index (κ3) is 5.17. The third-order valence-corrected chi connectivity index (χ3v) is 2.28. The standard InChI is InChI=1S/C14H22O2/c1-4-13-5-7-14(8-6-13)16-10-9-15-11-12(2)3/h5-8,12H,4,9-11H2,1-3H3. The molecule has 1 aromatic carbocycles. The number of hydrogen-bond acceptors (Lipinski definition) is 2. The molecule has 0 aromatic heterocycles. The fourth-order valence-corrected chi connectivity index (χ4v) is 1.36. The monoisotopic (exact) mass is 222 g/mol. The average Bonchev–Trinajstić information content (AvgIpc) is 2.29. The van der Waals surface area contributed by atoms with Gasteiger partial charge in [0, 0.05) is 6.61 Å². The van der Waals surface area contributed by atoms with Crippen LogP contribution >= 0.6 is 0 Å². The molecule has 0 bridgehead atoms. The van der Waals surface area contributed by atoms with Gasteiger partial charge in [0.15, 0.2) is 0 Å².